The summed E-state index contributed by atoms with van der Waals surface area (Å²) < 4.78 is 28.8. The fourth-order valence-electron chi connectivity index (χ4n) is 2.19. The number of imidazole rings is 1. The summed E-state index contributed by atoms with van der Waals surface area (Å²) in [7, 11) is 0. The standard InChI is InChI=1S/C14H11F2N3/c1-8-18-11-7-9(17)5-6-12(11)19(8)13-4-2-3-10(15)14(13)16/h2-7H,17H2,1H3. The molecule has 3 rings (SSSR count). The van der Waals surface area contributed by atoms with Crippen LogP contribution in [0.15, 0.2) is 36.4 Å². The smallest absolute Gasteiger partial charge is 0.182 e. The lowest BCUT2D eigenvalue weighted by Crippen LogP contribution is -2.01. The Morgan fingerprint density at radius 1 is 1.16 bits per heavy atom. The molecule has 5 heteroatoms. The fourth-order valence-corrected chi connectivity index (χ4v) is 2.19. The monoisotopic (exact) mass is 259 g/mol. The maximum atomic E-state index is 13.9. The van der Waals surface area contributed by atoms with Gasteiger partial charge in [0.1, 0.15) is 5.82 Å². The molecule has 1 heterocycles. The Balaban J connectivity index is 2.36. The first-order valence-electron chi connectivity index (χ1n) is 5.77. The summed E-state index contributed by atoms with van der Waals surface area (Å²) in [4.78, 5) is 4.31. The quantitative estimate of drug-likeness (QED) is 0.682. The van der Waals surface area contributed by atoms with Crippen molar-refractivity contribution >= 4 is 16.7 Å². The zero-order valence-corrected chi connectivity index (χ0v) is 10.2. The highest BCUT2D eigenvalue weighted by atomic mass is 19.2. The van der Waals surface area contributed by atoms with Gasteiger partial charge in [-0.3, -0.25) is 4.57 Å². The molecule has 0 fully saturated rings. The predicted octanol–water partition coefficient (Wildman–Crippen LogP) is 3.19. The molecule has 0 aliphatic rings. The van der Waals surface area contributed by atoms with Crippen molar-refractivity contribution in [1.82, 2.24) is 9.55 Å². The fraction of sp³-hybridized carbons (Fsp3) is 0.0714. The third-order valence-corrected chi connectivity index (χ3v) is 3.02. The number of fused-ring (bicyclic) bond motifs is 1. The van der Waals surface area contributed by atoms with Crippen LogP contribution < -0.4 is 5.73 Å². The highest BCUT2D eigenvalue weighted by molar-refractivity contribution is 5.81. The van der Waals surface area contributed by atoms with E-state index in [0.29, 0.717) is 22.5 Å². The Kier molecular flexibility index (Phi) is 2.48. The van der Waals surface area contributed by atoms with E-state index in [1.54, 1.807) is 29.7 Å². The van der Waals surface area contributed by atoms with Crippen LogP contribution in [0.5, 0.6) is 0 Å². The molecule has 0 unspecified atom stereocenters. The second-order valence-electron chi connectivity index (χ2n) is 4.32. The van der Waals surface area contributed by atoms with E-state index in [1.807, 2.05) is 0 Å². The molecule has 0 atom stereocenters. The first kappa shape index (κ1) is 11.6. The lowest BCUT2D eigenvalue weighted by Gasteiger charge is -2.08. The van der Waals surface area contributed by atoms with Gasteiger partial charge in [0.05, 0.1) is 16.7 Å². The highest BCUT2D eigenvalue weighted by Crippen LogP contribution is 2.25. The molecule has 0 radical (unpaired) electrons. The van der Waals surface area contributed by atoms with Crippen molar-refractivity contribution in [1.29, 1.82) is 0 Å². The van der Waals surface area contributed by atoms with Crippen molar-refractivity contribution < 1.29 is 8.78 Å². The topological polar surface area (TPSA) is 43.8 Å². The van der Waals surface area contributed by atoms with Crippen LogP contribution in [0.2, 0.25) is 0 Å². The summed E-state index contributed by atoms with van der Waals surface area (Å²) in [6.45, 7) is 1.74. The number of halogens is 2. The molecule has 2 N–H and O–H groups in total. The van der Waals surface area contributed by atoms with Crippen LogP contribution in [0, 0.1) is 18.6 Å². The van der Waals surface area contributed by atoms with E-state index < -0.39 is 11.6 Å². The third-order valence-electron chi connectivity index (χ3n) is 3.02. The molecule has 3 nitrogen and oxygen atoms in total. The molecule has 0 spiro atoms. The van der Waals surface area contributed by atoms with E-state index >= 15 is 0 Å². The number of nitrogen functional groups attached to an aromatic ring is 1. The minimum Gasteiger partial charge on any atom is -0.399 e. The van der Waals surface area contributed by atoms with E-state index in [2.05, 4.69) is 4.98 Å². The van der Waals surface area contributed by atoms with Crippen molar-refractivity contribution in [2.24, 2.45) is 0 Å². The first-order valence-corrected chi connectivity index (χ1v) is 5.77. The van der Waals surface area contributed by atoms with Gasteiger partial charge in [0.2, 0.25) is 0 Å². The third kappa shape index (κ3) is 1.74. The molecular formula is C14H11F2N3. The number of aryl methyl sites for hydroxylation is 1. The largest absolute Gasteiger partial charge is 0.399 e. The first-order chi connectivity index (χ1) is 9.08. The zero-order valence-electron chi connectivity index (χ0n) is 10.2. The van der Waals surface area contributed by atoms with Gasteiger partial charge in [0, 0.05) is 5.69 Å². The van der Waals surface area contributed by atoms with Gasteiger partial charge >= 0.3 is 0 Å². The number of anilines is 1. The van der Waals surface area contributed by atoms with Crippen LogP contribution in [0.3, 0.4) is 0 Å². The van der Waals surface area contributed by atoms with Gasteiger partial charge in [-0.1, -0.05) is 6.07 Å². The molecule has 0 saturated carbocycles. The summed E-state index contributed by atoms with van der Waals surface area (Å²) in [5.41, 5.74) is 7.76. The maximum absolute atomic E-state index is 13.9. The van der Waals surface area contributed by atoms with E-state index in [0.717, 1.165) is 6.07 Å². The van der Waals surface area contributed by atoms with Crippen molar-refractivity contribution in [3.8, 4) is 5.69 Å². The number of aromatic nitrogens is 2. The summed E-state index contributed by atoms with van der Waals surface area (Å²) in [6, 6.07) is 9.23. The zero-order chi connectivity index (χ0) is 13.6. The minimum atomic E-state index is -0.887. The lowest BCUT2D eigenvalue weighted by molar-refractivity contribution is 0.504. The molecule has 0 aliphatic carbocycles. The molecular weight excluding hydrogens is 248 g/mol. The van der Waals surface area contributed by atoms with Gasteiger partial charge < -0.3 is 5.73 Å². The van der Waals surface area contributed by atoms with Gasteiger partial charge in [-0.25, -0.2) is 13.8 Å². The van der Waals surface area contributed by atoms with E-state index in [9.17, 15) is 8.78 Å². The van der Waals surface area contributed by atoms with E-state index in [-0.39, 0.29) is 5.69 Å². The Morgan fingerprint density at radius 2 is 1.95 bits per heavy atom. The van der Waals surface area contributed by atoms with E-state index in [1.165, 1.54) is 12.1 Å². The van der Waals surface area contributed by atoms with Gasteiger partial charge in [-0.2, -0.15) is 0 Å². The van der Waals surface area contributed by atoms with Crippen molar-refractivity contribution in [3.63, 3.8) is 0 Å². The summed E-state index contributed by atoms with van der Waals surface area (Å²) in [5, 5.41) is 0. The minimum absolute atomic E-state index is 0.143. The SMILES string of the molecule is Cc1nc2cc(N)ccc2n1-c1cccc(F)c1F. The molecule has 0 bridgehead atoms. The number of nitrogens with zero attached hydrogens (tertiary/aromatic N) is 2. The van der Waals surface area contributed by atoms with Gasteiger partial charge in [0.25, 0.3) is 0 Å². The normalized spacial score (nSPS) is 11.1. The van der Waals surface area contributed by atoms with Crippen molar-refractivity contribution in [2.45, 2.75) is 6.92 Å². The second-order valence-corrected chi connectivity index (χ2v) is 4.32. The maximum Gasteiger partial charge on any atom is 0.182 e. The molecule has 1 aromatic heterocycles. The van der Waals surface area contributed by atoms with Gasteiger partial charge in [-0.15, -0.1) is 0 Å². The van der Waals surface area contributed by atoms with Crippen LogP contribution in [-0.4, -0.2) is 9.55 Å². The molecule has 0 aliphatic heterocycles. The summed E-state index contributed by atoms with van der Waals surface area (Å²) in [6.07, 6.45) is 0. The second kappa shape index (κ2) is 4.05. The number of hydrogen-bond donors (Lipinski definition) is 1. The van der Waals surface area contributed by atoms with Crippen LogP contribution in [0.1, 0.15) is 5.82 Å². The molecule has 0 saturated heterocycles. The highest BCUT2D eigenvalue weighted by Gasteiger charge is 2.15. The molecule has 0 amide bonds. The number of rotatable bonds is 1. The predicted molar refractivity (Wildman–Crippen MR) is 70.1 cm³/mol. The molecule has 3 aromatic rings. The van der Waals surface area contributed by atoms with E-state index in [4.69, 9.17) is 5.73 Å². The molecule has 96 valence electrons. The Hall–Kier alpha value is -2.43. The van der Waals surface area contributed by atoms with Gasteiger partial charge in [-0.05, 0) is 37.3 Å². The Labute approximate surface area is 108 Å². The molecule has 2 aromatic carbocycles. The Morgan fingerprint density at radius 3 is 2.74 bits per heavy atom. The number of benzene rings is 2. The van der Waals surface area contributed by atoms with Crippen LogP contribution >= 0.6 is 0 Å². The van der Waals surface area contributed by atoms with Crippen molar-refractivity contribution in [3.05, 3.63) is 53.9 Å². The van der Waals surface area contributed by atoms with Crippen LogP contribution in [0.4, 0.5) is 14.5 Å². The summed E-state index contributed by atoms with van der Waals surface area (Å²) in [5.74, 6) is -1.19. The van der Waals surface area contributed by atoms with Gasteiger partial charge in [0.15, 0.2) is 11.6 Å². The molecule has 19 heavy (non-hydrogen) atoms. The number of nitrogens with two attached hydrogens (primary N) is 1. The Bertz CT molecular complexity index is 778. The average molecular weight is 259 g/mol. The summed E-state index contributed by atoms with van der Waals surface area (Å²) >= 11 is 0. The van der Waals surface area contributed by atoms with Crippen LogP contribution in [-0.2, 0) is 0 Å². The van der Waals surface area contributed by atoms with Crippen LogP contribution in [0.25, 0.3) is 16.7 Å². The average Bonchev–Trinajstić information content (AvgIpc) is 2.68. The van der Waals surface area contributed by atoms with Crippen molar-refractivity contribution in [2.75, 3.05) is 5.73 Å². The number of hydrogen-bond acceptors (Lipinski definition) is 2. The lowest BCUT2D eigenvalue weighted by atomic mass is 10.2.